The van der Waals surface area contributed by atoms with E-state index in [2.05, 4.69) is 140 Å². The minimum atomic E-state index is -1.79. The highest BCUT2D eigenvalue weighted by molar-refractivity contribution is 7.03. The molecule has 0 spiro atoms. The van der Waals surface area contributed by atoms with Gasteiger partial charge in [-0.3, -0.25) is 0 Å². The van der Waals surface area contributed by atoms with Gasteiger partial charge >= 0.3 is 0 Å². The highest BCUT2D eigenvalue weighted by atomic mass is 28.3. The van der Waals surface area contributed by atoms with Crippen LogP contribution in [0.1, 0.15) is 0 Å². The van der Waals surface area contributed by atoms with Crippen molar-refractivity contribution in [3.63, 3.8) is 0 Å². The fraction of sp³-hybridized carbons (Fsp3) is 0.0625. The molecule has 0 unspecified atom stereocenters. The molecule has 1 N–H and O–H groups in total. The lowest BCUT2D eigenvalue weighted by Crippen LogP contribution is -2.49. The van der Waals surface area contributed by atoms with Gasteiger partial charge in [0.2, 0.25) is 0 Å². The first kappa shape index (κ1) is 20.7. The van der Waals surface area contributed by atoms with Crippen LogP contribution in [0.2, 0.25) is 13.1 Å². The molecular formula is C32H27NSi. The van der Waals surface area contributed by atoms with E-state index in [1.54, 1.807) is 0 Å². The predicted molar refractivity (Wildman–Crippen MR) is 149 cm³/mol. The van der Waals surface area contributed by atoms with Crippen molar-refractivity contribution >= 4 is 29.8 Å². The molecule has 0 saturated carbocycles. The fourth-order valence-electron chi connectivity index (χ4n) is 5.17. The van der Waals surface area contributed by atoms with E-state index in [0.717, 1.165) is 11.4 Å². The van der Waals surface area contributed by atoms with Crippen molar-refractivity contribution < 1.29 is 0 Å². The van der Waals surface area contributed by atoms with Crippen molar-refractivity contribution in [2.24, 2.45) is 0 Å². The van der Waals surface area contributed by atoms with Crippen molar-refractivity contribution in [3.8, 4) is 33.4 Å². The zero-order valence-corrected chi connectivity index (χ0v) is 20.5. The number of hydrogen-bond donors (Lipinski definition) is 1. The van der Waals surface area contributed by atoms with Crippen molar-refractivity contribution in [2.45, 2.75) is 13.1 Å². The van der Waals surface area contributed by atoms with Gasteiger partial charge in [0.1, 0.15) is 8.07 Å². The van der Waals surface area contributed by atoms with Gasteiger partial charge in [0.05, 0.1) is 0 Å². The summed E-state index contributed by atoms with van der Waals surface area (Å²) in [7, 11) is -1.79. The summed E-state index contributed by atoms with van der Waals surface area (Å²) in [5, 5.41) is 6.68. The summed E-state index contributed by atoms with van der Waals surface area (Å²) in [4.78, 5) is 0. The first-order valence-corrected chi connectivity index (χ1v) is 14.9. The summed E-state index contributed by atoms with van der Waals surface area (Å²) in [5.74, 6) is 0. The average Bonchev–Trinajstić information content (AvgIpc) is 3.11. The van der Waals surface area contributed by atoms with Crippen LogP contribution < -0.4 is 15.7 Å². The second-order valence-electron chi connectivity index (χ2n) is 9.58. The van der Waals surface area contributed by atoms with Crippen LogP contribution in [0.4, 0.5) is 11.4 Å². The maximum Gasteiger partial charge on any atom is 0.113 e. The Morgan fingerprint density at radius 2 is 0.912 bits per heavy atom. The molecule has 0 atom stereocenters. The lowest BCUT2D eigenvalue weighted by Gasteiger charge is -2.20. The molecule has 1 nitrogen and oxygen atoms in total. The van der Waals surface area contributed by atoms with Crippen molar-refractivity contribution in [1.82, 2.24) is 0 Å². The second kappa shape index (κ2) is 8.16. The van der Waals surface area contributed by atoms with Crippen molar-refractivity contribution in [1.29, 1.82) is 0 Å². The molecule has 5 aromatic rings. The molecule has 5 aromatic carbocycles. The molecular weight excluding hydrogens is 426 g/mol. The molecule has 0 radical (unpaired) electrons. The number of anilines is 2. The summed E-state index contributed by atoms with van der Waals surface area (Å²) >= 11 is 0. The van der Waals surface area contributed by atoms with E-state index >= 15 is 0 Å². The molecule has 34 heavy (non-hydrogen) atoms. The average molecular weight is 454 g/mol. The van der Waals surface area contributed by atoms with E-state index in [0.29, 0.717) is 0 Å². The first-order valence-electron chi connectivity index (χ1n) is 11.9. The standard InChI is InChI=1S/C32H27NSi/c1-34(2)31-21-26(24-11-7-4-8-12-24)15-19-29(31)30-20-18-28(22-32(30)34)33-27-16-13-25(14-17-27)23-9-5-3-6-10-23/h3-22,33H,1-2H3. The monoisotopic (exact) mass is 453 g/mol. The van der Waals surface area contributed by atoms with Gasteiger partial charge in [-0.05, 0) is 68.0 Å². The Kier molecular flexibility index (Phi) is 4.97. The van der Waals surface area contributed by atoms with E-state index in [9.17, 15) is 0 Å². The number of hydrogen-bond acceptors (Lipinski definition) is 1. The Labute approximate surface area is 202 Å². The van der Waals surface area contributed by atoms with Crippen LogP contribution >= 0.6 is 0 Å². The molecule has 0 aromatic heterocycles. The zero-order chi connectivity index (χ0) is 23.1. The van der Waals surface area contributed by atoms with E-state index in [1.165, 1.54) is 43.8 Å². The van der Waals surface area contributed by atoms with E-state index in [4.69, 9.17) is 0 Å². The third-order valence-electron chi connectivity index (χ3n) is 7.06. The normalized spacial score (nSPS) is 13.2. The van der Waals surface area contributed by atoms with Crippen LogP contribution in [-0.2, 0) is 0 Å². The van der Waals surface area contributed by atoms with Crippen LogP contribution in [0.15, 0.2) is 121 Å². The summed E-state index contributed by atoms with van der Waals surface area (Å²) in [6, 6.07) is 43.9. The maximum absolute atomic E-state index is 3.64. The maximum atomic E-state index is 3.64. The van der Waals surface area contributed by atoms with Crippen molar-refractivity contribution in [3.05, 3.63) is 121 Å². The topological polar surface area (TPSA) is 12.0 Å². The van der Waals surface area contributed by atoms with Gasteiger partial charge in [-0.25, -0.2) is 0 Å². The Balaban J connectivity index is 1.30. The smallest absolute Gasteiger partial charge is 0.113 e. The number of fused-ring (bicyclic) bond motifs is 3. The Hall–Kier alpha value is -3.88. The summed E-state index contributed by atoms with van der Waals surface area (Å²) in [6.07, 6.45) is 0. The molecule has 0 aliphatic carbocycles. The summed E-state index contributed by atoms with van der Waals surface area (Å²) in [5.41, 5.74) is 10.1. The van der Waals surface area contributed by atoms with E-state index in [1.807, 2.05) is 0 Å². The third kappa shape index (κ3) is 3.57. The van der Waals surface area contributed by atoms with Gasteiger partial charge in [0.25, 0.3) is 0 Å². The molecule has 0 saturated heterocycles. The molecule has 2 heteroatoms. The number of nitrogens with one attached hydrogen (secondary N) is 1. The van der Waals surface area contributed by atoms with Crippen LogP contribution in [-0.4, -0.2) is 8.07 Å². The highest BCUT2D eigenvalue weighted by Crippen LogP contribution is 2.33. The Morgan fingerprint density at radius 1 is 0.441 bits per heavy atom. The molecule has 1 aliphatic rings. The van der Waals surface area contributed by atoms with Gasteiger partial charge in [0.15, 0.2) is 0 Å². The summed E-state index contributed by atoms with van der Waals surface area (Å²) < 4.78 is 0. The van der Waals surface area contributed by atoms with Gasteiger partial charge < -0.3 is 5.32 Å². The number of benzene rings is 5. The fourth-order valence-corrected chi connectivity index (χ4v) is 8.27. The minimum Gasteiger partial charge on any atom is -0.356 e. The molecule has 1 heterocycles. The van der Waals surface area contributed by atoms with Crippen LogP contribution in [0.3, 0.4) is 0 Å². The van der Waals surface area contributed by atoms with Crippen LogP contribution in [0, 0.1) is 0 Å². The quantitative estimate of drug-likeness (QED) is 0.277. The summed E-state index contributed by atoms with van der Waals surface area (Å²) in [6.45, 7) is 4.95. The van der Waals surface area contributed by atoms with Gasteiger partial charge in [-0.2, -0.15) is 0 Å². The molecule has 0 fully saturated rings. The highest BCUT2D eigenvalue weighted by Gasteiger charge is 2.37. The predicted octanol–water partition coefficient (Wildman–Crippen LogP) is 7.57. The molecule has 1 aliphatic heterocycles. The van der Waals surface area contributed by atoms with Gasteiger partial charge in [0, 0.05) is 11.4 Å². The van der Waals surface area contributed by atoms with Gasteiger partial charge in [-0.1, -0.05) is 110 Å². The van der Waals surface area contributed by atoms with Gasteiger partial charge in [-0.15, -0.1) is 0 Å². The molecule has 0 bridgehead atoms. The third-order valence-corrected chi connectivity index (χ3v) is 10.6. The van der Waals surface area contributed by atoms with Crippen LogP contribution in [0.5, 0.6) is 0 Å². The second-order valence-corrected chi connectivity index (χ2v) is 13.9. The van der Waals surface area contributed by atoms with E-state index in [-0.39, 0.29) is 0 Å². The SMILES string of the molecule is C[Si]1(C)c2cc(Nc3ccc(-c4ccccc4)cc3)ccc2-c2ccc(-c3ccccc3)cc21. The molecule has 164 valence electrons. The largest absolute Gasteiger partial charge is 0.356 e. The number of rotatable bonds is 4. The minimum absolute atomic E-state index is 1.11. The van der Waals surface area contributed by atoms with Crippen molar-refractivity contribution in [2.75, 3.05) is 5.32 Å². The Bertz CT molecular complexity index is 1470. The molecule has 6 rings (SSSR count). The zero-order valence-electron chi connectivity index (χ0n) is 19.5. The lowest BCUT2D eigenvalue weighted by molar-refractivity contribution is 1.55. The Morgan fingerprint density at radius 3 is 1.56 bits per heavy atom. The van der Waals surface area contributed by atoms with Crippen LogP contribution in [0.25, 0.3) is 33.4 Å². The van der Waals surface area contributed by atoms with E-state index < -0.39 is 8.07 Å². The first-order chi connectivity index (χ1) is 16.6. The lowest BCUT2D eigenvalue weighted by atomic mass is 10.0. The molecule has 0 amide bonds.